The molecular formula is C16H18FN3O4S. The Kier molecular flexibility index (Phi) is 3.62. The fourth-order valence-corrected chi connectivity index (χ4v) is 4.41. The lowest BCUT2D eigenvalue weighted by Crippen LogP contribution is -2.38. The third kappa shape index (κ3) is 3.02. The summed E-state index contributed by atoms with van der Waals surface area (Å²) in [5.41, 5.74) is -1.72. The van der Waals surface area contributed by atoms with E-state index in [0.29, 0.717) is 30.8 Å². The minimum atomic E-state index is -3.94. The number of nitrogens with zero attached hydrogens (tertiary/aromatic N) is 1. The number of alkyl halides is 1. The van der Waals surface area contributed by atoms with Gasteiger partial charge < -0.3 is 0 Å². The highest BCUT2D eigenvalue weighted by Gasteiger charge is 2.46. The molecule has 0 saturated heterocycles. The molecule has 1 heterocycles. The van der Waals surface area contributed by atoms with Crippen LogP contribution in [-0.2, 0) is 16.6 Å². The zero-order valence-corrected chi connectivity index (χ0v) is 14.2. The van der Waals surface area contributed by atoms with Crippen LogP contribution in [-0.4, -0.2) is 30.2 Å². The van der Waals surface area contributed by atoms with Crippen molar-refractivity contribution in [2.75, 3.05) is 6.67 Å². The van der Waals surface area contributed by atoms with E-state index >= 15 is 0 Å². The van der Waals surface area contributed by atoms with E-state index in [1.165, 1.54) is 22.8 Å². The second kappa shape index (κ2) is 5.50. The molecule has 1 aromatic carbocycles. The minimum absolute atomic E-state index is 0.109. The lowest BCUT2D eigenvalue weighted by atomic mass is 10.2. The fraction of sp³-hybridized carbons (Fsp3) is 0.500. The molecule has 2 aliphatic carbocycles. The number of hydrogen-bond donors (Lipinski definition) is 2. The summed E-state index contributed by atoms with van der Waals surface area (Å²) in [4.78, 5) is 26.3. The molecule has 0 amide bonds. The Hall–Kier alpha value is -2.00. The van der Waals surface area contributed by atoms with E-state index in [0.717, 1.165) is 12.8 Å². The second-order valence-corrected chi connectivity index (χ2v) is 8.69. The molecule has 0 bridgehead atoms. The van der Waals surface area contributed by atoms with Crippen LogP contribution in [0, 0.1) is 5.92 Å². The lowest BCUT2D eigenvalue weighted by Gasteiger charge is -2.15. The monoisotopic (exact) mass is 367 g/mol. The summed E-state index contributed by atoms with van der Waals surface area (Å²) >= 11 is 0. The quantitative estimate of drug-likeness (QED) is 0.791. The van der Waals surface area contributed by atoms with Crippen molar-refractivity contribution >= 4 is 20.9 Å². The van der Waals surface area contributed by atoms with Crippen molar-refractivity contribution in [3.05, 3.63) is 39.0 Å². The number of sulfonamides is 1. The summed E-state index contributed by atoms with van der Waals surface area (Å²) in [5.74, 6) is 0.413. The molecule has 9 heteroatoms. The van der Waals surface area contributed by atoms with Crippen LogP contribution in [0.2, 0.25) is 0 Å². The largest absolute Gasteiger partial charge is 0.328 e. The number of fused-ring (bicyclic) bond motifs is 1. The Bertz CT molecular complexity index is 1060. The number of aromatic nitrogens is 2. The zero-order chi connectivity index (χ0) is 17.8. The van der Waals surface area contributed by atoms with Crippen molar-refractivity contribution in [2.24, 2.45) is 5.92 Å². The Morgan fingerprint density at radius 2 is 2.00 bits per heavy atom. The van der Waals surface area contributed by atoms with Gasteiger partial charge in [0.15, 0.2) is 0 Å². The van der Waals surface area contributed by atoms with Gasteiger partial charge in [-0.1, -0.05) is 0 Å². The maximum atomic E-state index is 13.0. The average molecular weight is 367 g/mol. The number of halogens is 1. The van der Waals surface area contributed by atoms with Gasteiger partial charge in [-0.15, -0.1) is 0 Å². The predicted octanol–water partition coefficient (Wildman–Crippen LogP) is 0.880. The third-order valence-corrected chi connectivity index (χ3v) is 6.45. The van der Waals surface area contributed by atoms with Crippen molar-refractivity contribution < 1.29 is 12.8 Å². The average Bonchev–Trinajstić information content (AvgIpc) is 3.48. The van der Waals surface area contributed by atoms with Crippen LogP contribution in [0.5, 0.6) is 0 Å². The van der Waals surface area contributed by atoms with Gasteiger partial charge in [0.1, 0.15) is 6.67 Å². The summed E-state index contributed by atoms with van der Waals surface area (Å²) in [6.07, 6.45) is 2.99. The van der Waals surface area contributed by atoms with Crippen LogP contribution < -0.4 is 16.0 Å². The van der Waals surface area contributed by atoms with E-state index in [1.807, 2.05) is 0 Å². The zero-order valence-electron chi connectivity index (χ0n) is 13.4. The summed E-state index contributed by atoms with van der Waals surface area (Å²) in [6, 6.07) is 4.06. The fourth-order valence-electron chi connectivity index (χ4n) is 2.94. The van der Waals surface area contributed by atoms with Gasteiger partial charge in [0.2, 0.25) is 10.0 Å². The Morgan fingerprint density at radius 3 is 2.60 bits per heavy atom. The number of benzene rings is 1. The number of aromatic amines is 1. The van der Waals surface area contributed by atoms with Gasteiger partial charge in [-0.25, -0.2) is 22.3 Å². The van der Waals surface area contributed by atoms with E-state index in [9.17, 15) is 22.4 Å². The van der Waals surface area contributed by atoms with Crippen LogP contribution in [0.1, 0.15) is 25.7 Å². The standard InChI is InChI=1S/C16H18FN3O4S/c17-9-16(5-6-16)19-25(23,24)11-3-4-13-12(7-11)14(21)18-15(22)20(13)8-10-1-2-10/h3-4,7,10,19H,1-2,5-6,8-9H2,(H,18,21,22). The maximum absolute atomic E-state index is 13.0. The van der Waals surface area contributed by atoms with Gasteiger partial charge in [-0.3, -0.25) is 14.3 Å². The molecule has 2 saturated carbocycles. The lowest BCUT2D eigenvalue weighted by molar-refractivity contribution is 0.393. The molecule has 2 N–H and O–H groups in total. The van der Waals surface area contributed by atoms with Crippen molar-refractivity contribution in [3.63, 3.8) is 0 Å². The number of nitrogens with one attached hydrogen (secondary N) is 2. The van der Waals surface area contributed by atoms with Gasteiger partial charge >= 0.3 is 5.69 Å². The highest BCUT2D eigenvalue weighted by Crippen LogP contribution is 2.37. The minimum Gasteiger partial charge on any atom is -0.293 e. The molecule has 0 spiro atoms. The first-order valence-corrected chi connectivity index (χ1v) is 9.69. The summed E-state index contributed by atoms with van der Waals surface area (Å²) in [6.45, 7) is -0.261. The smallest absolute Gasteiger partial charge is 0.293 e. The van der Waals surface area contributed by atoms with Crippen molar-refractivity contribution in [2.45, 2.75) is 42.7 Å². The Labute approximate surface area is 142 Å². The van der Waals surface area contributed by atoms with Crippen LogP contribution >= 0.6 is 0 Å². The first-order chi connectivity index (χ1) is 11.8. The van der Waals surface area contributed by atoms with E-state index in [2.05, 4.69) is 9.71 Å². The molecule has 1 aromatic heterocycles. The van der Waals surface area contributed by atoms with Crippen LogP contribution in [0.4, 0.5) is 4.39 Å². The molecule has 25 heavy (non-hydrogen) atoms. The van der Waals surface area contributed by atoms with E-state index < -0.39 is 33.5 Å². The molecule has 4 rings (SSSR count). The first kappa shape index (κ1) is 16.5. The normalized spacial score (nSPS) is 19.2. The van der Waals surface area contributed by atoms with E-state index in [1.54, 1.807) is 0 Å². The topological polar surface area (TPSA) is 101 Å². The summed E-state index contributed by atoms with van der Waals surface area (Å²) in [7, 11) is -3.94. The summed E-state index contributed by atoms with van der Waals surface area (Å²) in [5, 5.41) is 0.133. The molecule has 7 nitrogen and oxygen atoms in total. The SMILES string of the molecule is O=c1[nH]c(=O)n(CC2CC2)c2ccc(S(=O)(=O)NC3(CF)CC3)cc12. The number of H-pyrrole nitrogens is 1. The van der Waals surface area contributed by atoms with Crippen molar-refractivity contribution in [3.8, 4) is 0 Å². The summed E-state index contributed by atoms with van der Waals surface area (Å²) < 4.78 is 41.8. The molecule has 2 aromatic rings. The van der Waals surface area contributed by atoms with Gasteiger partial charge in [-0.05, 0) is 49.8 Å². The molecule has 0 atom stereocenters. The molecule has 134 valence electrons. The third-order valence-electron chi connectivity index (χ3n) is 4.88. The first-order valence-electron chi connectivity index (χ1n) is 8.20. The maximum Gasteiger partial charge on any atom is 0.328 e. The van der Waals surface area contributed by atoms with Crippen LogP contribution in [0.3, 0.4) is 0 Å². The molecule has 0 unspecified atom stereocenters. The van der Waals surface area contributed by atoms with Gasteiger partial charge in [0, 0.05) is 6.54 Å². The Morgan fingerprint density at radius 1 is 1.28 bits per heavy atom. The van der Waals surface area contributed by atoms with Gasteiger partial charge in [0.05, 0.1) is 21.3 Å². The molecular weight excluding hydrogens is 349 g/mol. The molecule has 0 aliphatic heterocycles. The van der Waals surface area contributed by atoms with Gasteiger partial charge in [0.25, 0.3) is 5.56 Å². The van der Waals surface area contributed by atoms with Crippen LogP contribution in [0.15, 0.2) is 32.7 Å². The highest BCUT2D eigenvalue weighted by atomic mass is 32.2. The van der Waals surface area contributed by atoms with E-state index in [4.69, 9.17) is 0 Å². The Balaban J connectivity index is 1.80. The molecule has 2 aliphatic rings. The molecule has 0 radical (unpaired) electrons. The molecule has 2 fully saturated rings. The van der Waals surface area contributed by atoms with Crippen molar-refractivity contribution in [1.29, 1.82) is 0 Å². The van der Waals surface area contributed by atoms with Gasteiger partial charge in [-0.2, -0.15) is 0 Å². The second-order valence-electron chi connectivity index (χ2n) is 7.01. The highest BCUT2D eigenvalue weighted by molar-refractivity contribution is 7.89. The number of hydrogen-bond acceptors (Lipinski definition) is 4. The van der Waals surface area contributed by atoms with E-state index in [-0.39, 0.29) is 10.3 Å². The van der Waals surface area contributed by atoms with Crippen LogP contribution in [0.25, 0.3) is 10.9 Å². The van der Waals surface area contributed by atoms with Crippen molar-refractivity contribution in [1.82, 2.24) is 14.3 Å². The number of rotatable bonds is 6. The predicted molar refractivity (Wildman–Crippen MR) is 89.8 cm³/mol.